The predicted octanol–water partition coefficient (Wildman–Crippen LogP) is 3.20. The molecule has 0 aliphatic rings. The van der Waals surface area contributed by atoms with E-state index < -0.39 is 0 Å². The molecule has 1 heterocycles. The van der Waals surface area contributed by atoms with Crippen LogP contribution < -0.4 is 0 Å². The van der Waals surface area contributed by atoms with Gasteiger partial charge in [0.05, 0.1) is 0 Å². The van der Waals surface area contributed by atoms with Crippen LogP contribution in [0.4, 0.5) is 0 Å². The van der Waals surface area contributed by atoms with E-state index in [0.717, 1.165) is 16.0 Å². The second-order valence-corrected chi connectivity index (χ2v) is 4.45. The number of thiophene rings is 1. The zero-order valence-corrected chi connectivity index (χ0v) is 8.79. The second kappa shape index (κ2) is 3.40. The van der Waals surface area contributed by atoms with E-state index in [1.54, 1.807) is 11.3 Å². The predicted molar refractivity (Wildman–Crippen MR) is 53.0 cm³/mol. The molecule has 2 heteroatoms. The largest absolute Gasteiger partial charge is 0.294 e. The lowest BCUT2D eigenvalue weighted by molar-refractivity contribution is 0.0939. The molecule has 0 aliphatic carbocycles. The van der Waals surface area contributed by atoms with Crippen molar-refractivity contribution in [3.8, 4) is 0 Å². The van der Waals surface area contributed by atoms with E-state index >= 15 is 0 Å². The molecule has 0 N–H and O–H groups in total. The number of rotatable bonds is 2. The van der Waals surface area contributed by atoms with Gasteiger partial charge in [0.25, 0.3) is 0 Å². The molecular weight excluding hydrogens is 168 g/mol. The van der Waals surface area contributed by atoms with Crippen LogP contribution in [0.15, 0.2) is 5.38 Å². The maximum atomic E-state index is 11.7. The molecule has 1 rings (SSSR count). The molecule has 0 atom stereocenters. The summed E-state index contributed by atoms with van der Waals surface area (Å²) in [6.45, 7) is 7.89. The average Bonchev–Trinajstić information content (AvgIpc) is 2.30. The highest BCUT2D eigenvalue weighted by molar-refractivity contribution is 7.10. The van der Waals surface area contributed by atoms with Crippen molar-refractivity contribution in [2.75, 3.05) is 0 Å². The van der Waals surface area contributed by atoms with E-state index in [9.17, 15) is 4.79 Å². The van der Waals surface area contributed by atoms with Crippen molar-refractivity contribution in [1.29, 1.82) is 0 Å². The Balaban J connectivity index is 3.09. The highest BCUT2D eigenvalue weighted by atomic mass is 32.1. The average molecular weight is 182 g/mol. The maximum Gasteiger partial charge on any atom is 0.166 e. The van der Waals surface area contributed by atoms with Gasteiger partial charge in [-0.15, -0.1) is 11.3 Å². The Morgan fingerprint density at radius 3 is 2.33 bits per heavy atom. The van der Waals surface area contributed by atoms with Gasteiger partial charge in [-0.25, -0.2) is 0 Å². The lowest BCUT2D eigenvalue weighted by Gasteiger charge is -2.04. The van der Waals surface area contributed by atoms with Crippen LogP contribution in [0.2, 0.25) is 0 Å². The topological polar surface area (TPSA) is 17.1 Å². The van der Waals surface area contributed by atoms with Gasteiger partial charge in [-0.3, -0.25) is 4.79 Å². The van der Waals surface area contributed by atoms with E-state index in [2.05, 4.69) is 0 Å². The monoisotopic (exact) mass is 182 g/mol. The van der Waals surface area contributed by atoms with Crippen LogP contribution in [-0.2, 0) is 0 Å². The molecule has 0 saturated carbocycles. The third-order valence-electron chi connectivity index (χ3n) is 1.93. The van der Waals surface area contributed by atoms with Crippen molar-refractivity contribution in [2.24, 2.45) is 5.92 Å². The zero-order chi connectivity index (χ0) is 9.30. The first-order valence-corrected chi connectivity index (χ1v) is 5.01. The Morgan fingerprint density at radius 1 is 1.42 bits per heavy atom. The zero-order valence-electron chi connectivity index (χ0n) is 7.97. The summed E-state index contributed by atoms with van der Waals surface area (Å²) in [5.41, 5.74) is 2.06. The van der Waals surface area contributed by atoms with Crippen molar-refractivity contribution in [3.05, 3.63) is 21.4 Å². The van der Waals surface area contributed by atoms with Crippen molar-refractivity contribution in [2.45, 2.75) is 27.7 Å². The normalized spacial score (nSPS) is 10.8. The summed E-state index contributed by atoms with van der Waals surface area (Å²) in [7, 11) is 0. The Labute approximate surface area is 77.4 Å². The summed E-state index contributed by atoms with van der Waals surface area (Å²) >= 11 is 1.66. The fourth-order valence-electron chi connectivity index (χ4n) is 1.23. The molecule has 0 aromatic carbocycles. The molecular formula is C10H14OS. The summed E-state index contributed by atoms with van der Waals surface area (Å²) in [5, 5.41) is 2.05. The SMILES string of the molecule is Cc1csc(C)c1C(=O)C(C)C. The number of hydrogen-bond acceptors (Lipinski definition) is 2. The van der Waals surface area contributed by atoms with Gasteiger partial charge in [0, 0.05) is 16.4 Å². The molecule has 0 fully saturated rings. The first-order chi connectivity index (χ1) is 5.54. The van der Waals surface area contributed by atoms with Crippen LogP contribution in [0.3, 0.4) is 0 Å². The van der Waals surface area contributed by atoms with Crippen LogP contribution in [0, 0.1) is 19.8 Å². The standard InChI is InChI=1S/C10H14OS/c1-6(2)10(11)9-7(3)5-12-8(9)4/h5-6H,1-4H3. The molecule has 1 aromatic rings. The molecule has 12 heavy (non-hydrogen) atoms. The van der Waals surface area contributed by atoms with E-state index in [1.807, 2.05) is 33.1 Å². The molecule has 0 amide bonds. The molecule has 0 radical (unpaired) electrons. The van der Waals surface area contributed by atoms with Gasteiger partial charge >= 0.3 is 0 Å². The summed E-state index contributed by atoms with van der Waals surface area (Å²) in [4.78, 5) is 12.8. The van der Waals surface area contributed by atoms with Crippen molar-refractivity contribution in [1.82, 2.24) is 0 Å². The number of ketones is 1. The van der Waals surface area contributed by atoms with Gasteiger partial charge in [0.2, 0.25) is 0 Å². The maximum absolute atomic E-state index is 11.7. The van der Waals surface area contributed by atoms with Crippen molar-refractivity contribution < 1.29 is 4.79 Å². The van der Waals surface area contributed by atoms with Crippen molar-refractivity contribution in [3.63, 3.8) is 0 Å². The van der Waals surface area contributed by atoms with Gasteiger partial charge in [0.15, 0.2) is 5.78 Å². The molecule has 1 nitrogen and oxygen atoms in total. The minimum Gasteiger partial charge on any atom is -0.294 e. The molecule has 0 saturated heterocycles. The van der Waals surface area contributed by atoms with Gasteiger partial charge < -0.3 is 0 Å². The van der Waals surface area contributed by atoms with E-state index in [4.69, 9.17) is 0 Å². The van der Waals surface area contributed by atoms with E-state index in [-0.39, 0.29) is 11.7 Å². The van der Waals surface area contributed by atoms with Crippen LogP contribution >= 0.6 is 11.3 Å². The highest BCUT2D eigenvalue weighted by Crippen LogP contribution is 2.23. The minimum absolute atomic E-state index is 0.108. The summed E-state index contributed by atoms with van der Waals surface area (Å²) in [6.07, 6.45) is 0. The third-order valence-corrected chi connectivity index (χ3v) is 2.96. The minimum atomic E-state index is 0.108. The van der Waals surface area contributed by atoms with E-state index in [0.29, 0.717) is 0 Å². The van der Waals surface area contributed by atoms with E-state index in [1.165, 1.54) is 0 Å². The van der Waals surface area contributed by atoms with Gasteiger partial charge in [-0.05, 0) is 24.8 Å². The fraction of sp³-hybridized carbons (Fsp3) is 0.500. The van der Waals surface area contributed by atoms with Crippen LogP contribution in [0.25, 0.3) is 0 Å². The van der Waals surface area contributed by atoms with Gasteiger partial charge in [-0.1, -0.05) is 13.8 Å². The lowest BCUT2D eigenvalue weighted by Crippen LogP contribution is -2.08. The highest BCUT2D eigenvalue weighted by Gasteiger charge is 2.16. The van der Waals surface area contributed by atoms with Gasteiger partial charge in [0.1, 0.15) is 0 Å². The molecule has 0 aliphatic heterocycles. The van der Waals surface area contributed by atoms with Crippen LogP contribution in [-0.4, -0.2) is 5.78 Å². The Morgan fingerprint density at radius 2 is 2.00 bits per heavy atom. The smallest absolute Gasteiger partial charge is 0.166 e. The fourth-order valence-corrected chi connectivity index (χ4v) is 2.08. The Kier molecular flexibility index (Phi) is 2.68. The molecule has 1 aromatic heterocycles. The van der Waals surface area contributed by atoms with Crippen molar-refractivity contribution >= 4 is 17.1 Å². The lowest BCUT2D eigenvalue weighted by atomic mass is 9.99. The van der Waals surface area contributed by atoms with Crippen LogP contribution in [0.5, 0.6) is 0 Å². The summed E-state index contributed by atoms with van der Waals surface area (Å²) < 4.78 is 0. The molecule has 0 unspecified atom stereocenters. The molecule has 0 bridgehead atoms. The third kappa shape index (κ3) is 1.58. The molecule has 66 valence electrons. The number of carbonyl (C=O) groups excluding carboxylic acids is 1. The Bertz CT molecular complexity index is 277. The summed E-state index contributed by atoms with van der Waals surface area (Å²) in [5.74, 6) is 0.378. The number of carbonyl (C=O) groups is 1. The summed E-state index contributed by atoms with van der Waals surface area (Å²) in [6, 6.07) is 0. The number of Topliss-reactive ketones (excluding diaryl/α,β-unsaturated/α-hetero) is 1. The second-order valence-electron chi connectivity index (χ2n) is 3.37. The number of hydrogen-bond donors (Lipinski definition) is 0. The molecule has 0 spiro atoms. The van der Waals surface area contributed by atoms with Crippen LogP contribution in [0.1, 0.15) is 34.6 Å². The number of aryl methyl sites for hydroxylation is 2. The first-order valence-electron chi connectivity index (χ1n) is 4.13. The van der Waals surface area contributed by atoms with Gasteiger partial charge in [-0.2, -0.15) is 0 Å². The Hall–Kier alpha value is -0.630. The first kappa shape index (κ1) is 9.46. The quantitative estimate of drug-likeness (QED) is 0.642.